The van der Waals surface area contributed by atoms with Crippen molar-refractivity contribution in [2.75, 3.05) is 49.1 Å². The first-order valence-electron chi connectivity index (χ1n) is 11.9. The van der Waals surface area contributed by atoms with E-state index >= 15 is 0 Å². The van der Waals surface area contributed by atoms with Gasteiger partial charge in [-0.3, -0.25) is 14.2 Å². The van der Waals surface area contributed by atoms with E-state index in [2.05, 4.69) is 14.9 Å². The Morgan fingerprint density at radius 2 is 1.82 bits per heavy atom. The molecule has 2 aliphatic heterocycles. The molecule has 2 aromatic heterocycles. The Morgan fingerprint density at radius 3 is 2.56 bits per heavy atom. The summed E-state index contributed by atoms with van der Waals surface area (Å²) in [6.07, 6.45) is 3.32. The molecular weight excluding hydrogens is 435 g/mol. The molecule has 2 fully saturated rings. The van der Waals surface area contributed by atoms with Gasteiger partial charge in [0, 0.05) is 57.7 Å². The molecule has 2 aliphatic rings. The highest BCUT2D eigenvalue weighted by atomic mass is 19.1. The number of anilines is 2. The van der Waals surface area contributed by atoms with Gasteiger partial charge in [-0.25, -0.2) is 14.4 Å². The van der Waals surface area contributed by atoms with Crippen molar-refractivity contribution in [3.63, 3.8) is 0 Å². The summed E-state index contributed by atoms with van der Waals surface area (Å²) in [4.78, 5) is 41.6. The monoisotopic (exact) mass is 464 g/mol. The number of pyridine rings is 1. The van der Waals surface area contributed by atoms with Crippen LogP contribution in [0.4, 0.5) is 15.9 Å². The quantitative estimate of drug-likeness (QED) is 0.591. The molecule has 0 bridgehead atoms. The molecule has 3 aromatic rings. The van der Waals surface area contributed by atoms with Crippen LogP contribution in [0.25, 0.3) is 11.2 Å². The molecule has 0 spiro atoms. The molecule has 1 amide bonds. The summed E-state index contributed by atoms with van der Waals surface area (Å²) >= 11 is 0. The molecule has 1 unspecified atom stereocenters. The summed E-state index contributed by atoms with van der Waals surface area (Å²) in [6.45, 7) is 6.34. The van der Waals surface area contributed by atoms with E-state index < -0.39 is 0 Å². The molecule has 1 aromatic carbocycles. The summed E-state index contributed by atoms with van der Waals surface area (Å²) < 4.78 is 14.9. The molecule has 4 heterocycles. The van der Waals surface area contributed by atoms with Crippen molar-refractivity contribution in [2.45, 2.75) is 26.3 Å². The van der Waals surface area contributed by atoms with E-state index in [0.717, 1.165) is 18.5 Å². The van der Waals surface area contributed by atoms with Gasteiger partial charge in [0.05, 0.1) is 5.92 Å². The number of rotatable bonds is 4. The fraction of sp³-hybridized carbons (Fsp3) is 0.440. The number of halogens is 1. The maximum atomic E-state index is 13.4. The van der Waals surface area contributed by atoms with Crippen molar-refractivity contribution in [2.24, 2.45) is 5.92 Å². The van der Waals surface area contributed by atoms with Gasteiger partial charge in [0.15, 0.2) is 11.5 Å². The van der Waals surface area contributed by atoms with Crippen molar-refractivity contribution < 1.29 is 9.18 Å². The number of hydrogen-bond acceptors (Lipinski definition) is 6. The number of carbonyl (C=O) groups excluding carboxylic acids is 1. The molecule has 178 valence electrons. The van der Waals surface area contributed by atoms with E-state index in [-0.39, 0.29) is 23.2 Å². The standard InChI is InChI=1S/C25H29FN6O2/c1-2-32-22-21(6-3-11-27-22)28-23(25(32)34)31-12-4-5-18(17-31)24(33)30-15-13-29(14-16-30)20-9-7-19(26)8-10-20/h3,6-11,18H,2,4-5,12-17H2,1H3. The minimum Gasteiger partial charge on any atom is -0.368 e. The van der Waals surface area contributed by atoms with Crippen LogP contribution in [-0.2, 0) is 11.3 Å². The zero-order valence-electron chi connectivity index (χ0n) is 19.4. The second-order valence-corrected chi connectivity index (χ2v) is 8.90. The first-order chi connectivity index (χ1) is 16.5. The van der Waals surface area contributed by atoms with Gasteiger partial charge < -0.3 is 14.7 Å². The Bertz CT molecular complexity index is 1240. The van der Waals surface area contributed by atoms with E-state index in [1.807, 2.05) is 28.9 Å². The normalized spacial score (nSPS) is 19.0. The topological polar surface area (TPSA) is 74.6 Å². The molecular formula is C25H29FN6O2. The molecule has 8 nitrogen and oxygen atoms in total. The predicted octanol–water partition coefficient (Wildman–Crippen LogP) is 2.52. The Labute approximate surface area is 197 Å². The van der Waals surface area contributed by atoms with Gasteiger partial charge in [-0.2, -0.15) is 0 Å². The van der Waals surface area contributed by atoms with Crippen molar-refractivity contribution in [3.05, 3.63) is 58.8 Å². The van der Waals surface area contributed by atoms with Crippen LogP contribution in [0.15, 0.2) is 47.4 Å². The van der Waals surface area contributed by atoms with Crippen molar-refractivity contribution in [1.29, 1.82) is 0 Å². The third-order valence-corrected chi connectivity index (χ3v) is 6.85. The molecule has 0 aliphatic carbocycles. The maximum absolute atomic E-state index is 13.4. The number of fused-ring (bicyclic) bond motifs is 1. The smallest absolute Gasteiger partial charge is 0.295 e. The van der Waals surface area contributed by atoms with E-state index in [0.29, 0.717) is 62.8 Å². The van der Waals surface area contributed by atoms with Gasteiger partial charge in [-0.05, 0) is 56.2 Å². The van der Waals surface area contributed by atoms with Crippen molar-refractivity contribution in [3.8, 4) is 0 Å². The number of aryl methyl sites for hydroxylation is 1. The Balaban J connectivity index is 1.29. The number of benzene rings is 1. The molecule has 5 rings (SSSR count). The predicted molar refractivity (Wildman–Crippen MR) is 130 cm³/mol. The fourth-order valence-corrected chi connectivity index (χ4v) is 5.03. The minimum atomic E-state index is -0.248. The van der Waals surface area contributed by atoms with Gasteiger partial charge in [0.1, 0.15) is 11.3 Å². The summed E-state index contributed by atoms with van der Waals surface area (Å²) in [6, 6.07) is 10.2. The molecule has 1 atom stereocenters. The molecule has 0 radical (unpaired) electrons. The van der Waals surface area contributed by atoms with Crippen LogP contribution in [0.3, 0.4) is 0 Å². The van der Waals surface area contributed by atoms with E-state index in [4.69, 9.17) is 0 Å². The minimum absolute atomic E-state index is 0.140. The van der Waals surface area contributed by atoms with Gasteiger partial charge in [0.2, 0.25) is 5.91 Å². The zero-order valence-corrected chi connectivity index (χ0v) is 19.4. The average Bonchev–Trinajstić information content (AvgIpc) is 2.88. The lowest BCUT2D eigenvalue weighted by atomic mass is 9.96. The van der Waals surface area contributed by atoms with Gasteiger partial charge in [0.25, 0.3) is 5.56 Å². The second-order valence-electron chi connectivity index (χ2n) is 8.90. The number of piperazine rings is 1. The van der Waals surface area contributed by atoms with Crippen LogP contribution >= 0.6 is 0 Å². The van der Waals surface area contributed by atoms with Crippen molar-refractivity contribution >= 4 is 28.6 Å². The van der Waals surface area contributed by atoms with Crippen LogP contribution in [-0.4, -0.2) is 64.6 Å². The lowest BCUT2D eigenvalue weighted by molar-refractivity contribution is -0.136. The first-order valence-corrected chi connectivity index (χ1v) is 11.9. The number of hydrogen-bond donors (Lipinski definition) is 0. The molecule has 0 saturated carbocycles. The third kappa shape index (κ3) is 4.22. The number of amides is 1. The average molecular weight is 465 g/mol. The van der Waals surface area contributed by atoms with Crippen LogP contribution in [0.1, 0.15) is 19.8 Å². The lowest BCUT2D eigenvalue weighted by Gasteiger charge is -2.40. The van der Waals surface area contributed by atoms with Gasteiger partial charge in [-0.1, -0.05) is 0 Å². The summed E-state index contributed by atoms with van der Waals surface area (Å²) in [5, 5.41) is 0. The molecule has 9 heteroatoms. The van der Waals surface area contributed by atoms with Crippen LogP contribution in [0.5, 0.6) is 0 Å². The fourth-order valence-electron chi connectivity index (χ4n) is 5.03. The lowest BCUT2D eigenvalue weighted by Crippen LogP contribution is -2.53. The van der Waals surface area contributed by atoms with Crippen molar-refractivity contribution in [1.82, 2.24) is 19.4 Å². The van der Waals surface area contributed by atoms with Gasteiger partial charge >= 0.3 is 0 Å². The highest BCUT2D eigenvalue weighted by Crippen LogP contribution is 2.24. The zero-order chi connectivity index (χ0) is 23.7. The van der Waals surface area contributed by atoms with Gasteiger partial charge in [-0.15, -0.1) is 0 Å². The van der Waals surface area contributed by atoms with Crippen LogP contribution < -0.4 is 15.4 Å². The highest BCUT2D eigenvalue weighted by molar-refractivity contribution is 5.80. The van der Waals surface area contributed by atoms with E-state index in [9.17, 15) is 14.0 Å². The van der Waals surface area contributed by atoms with Crippen LogP contribution in [0, 0.1) is 11.7 Å². The van der Waals surface area contributed by atoms with E-state index in [1.165, 1.54) is 12.1 Å². The Hall–Kier alpha value is -3.49. The largest absolute Gasteiger partial charge is 0.368 e. The summed E-state index contributed by atoms with van der Waals surface area (Å²) in [5.41, 5.74) is 2.09. The Morgan fingerprint density at radius 1 is 1.06 bits per heavy atom. The third-order valence-electron chi connectivity index (χ3n) is 6.85. The SMILES string of the molecule is CCn1c(=O)c(N2CCCC(C(=O)N3CCN(c4ccc(F)cc4)CC3)C2)nc2cccnc21. The second kappa shape index (κ2) is 9.40. The maximum Gasteiger partial charge on any atom is 0.295 e. The van der Waals surface area contributed by atoms with E-state index in [1.54, 1.807) is 22.9 Å². The summed E-state index contributed by atoms with van der Waals surface area (Å²) in [5.74, 6) is 0.136. The summed E-state index contributed by atoms with van der Waals surface area (Å²) in [7, 11) is 0. The molecule has 2 saturated heterocycles. The molecule has 0 N–H and O–H groups in total. The number of piperidine rings is 1. The first kappa shape index (κ1) is 22.3. The number of aromatic nitrogens is 3. The molecule has 34 heavy (non-hydrogen) atoms. The number of nitrogens with zero attached hydrogens (tertiary/aromatic N) is 6. The Kier molecular flexibility index (Phi) is 6.17. The van der Waals surface area contributed by atoms with Crippen LogP contribution in [0.2, 0.25) is 0 Å². The highest BCUT2D eigenvalue weighted by Gasteiger charge is 2.32. The number of carbonyl (C=O) groups is 1.